The molecule has 0 aliphatic carbocycles. The predicted octanol–water partition coefficient (Wildman–Crippen LogP) is 0.920. The molecule has 0 spiro atoms. The van der Waals surface area contributed by atoms with Crippen LogP contribution in [0.15, 0.2) is 97.2 Å². The zero-order valence-corrected chi connectivity index (χ0v) is 26.8. The minimum Gasteiger partial charge on any atom is -1.00 e. The van der Waals surface area contributed by atoms with E-state index in [9.17, 15) is 14.4 Å². The fraction of sp³-hybridized carbons (Fsp3) is 0.273. The smallest absolute Gasteiger partial charge is 1.00 e. The fourth-order valence-corrected chi connectivity index (χ4v) is 6.14. The summed E-state index contributed by atoms with van der Waals surface area (Å²) in [6.07, 6.45) is 1.41. The molecule has 0 saturated carbocycles. The van der Waals surface area contributed by atoms with Crippen molar-refractivity contribution in [3.63, 3.8) is 0 Å². The van der Waals surface area contributed by atoms with Crippen molar-refractivity contribution in [2.75, 3.05) is 13.6 Å². The summed E-state index contributed by atoms with van der Waals surface area (Å²) in [5.74, 6) is -0.319. The van der Waals surface area contributed by atoms with Gasteiger partial charge in [0.2, 0.25) is 11.8 Å². The Balaban J connectivity index is 0.00000221. The van der Waals surface area contributed by atoms with Gasteiger partial charge in [-0.3, -0.25) is 14.6 Å². The van der Waals surface area contributed by atoms with Crippen LogP contribution in [0.25, 0.3) is 10.9 Å². The number of carbonyl (C=O) groups is 3. The van der Waals surface area contributed by atoms with Crippen LogP contribution in [0.4, 0.5) is 4.79 Å². The van der Waals surface area contributed by atoms with Crippen LogP contribution in [0.1, 0.15) is 25.0 Å². The minimum atomic E-state index is -0.762. The Morgan fingerprint density at radius 2 is 1.60 bits per heavy atom. The van der Waals surface area contributed by atoms with Gasteiger partial charge in [-0.25, -0.2) is 14.8 Å². The number of urea groups is 1. The van der Waals surface area contributed by atoms with Crippen molar-refractivity contribution in [2.24, 2.45) is 0 Å². The second-order valence-corrected chi connectivity index (χ2v) is 10.9. The summed E-state index contributed by atoms with van der Waals surface area (Å²) in [5, 5.41) is 7.28. The van der Waals surface area contributed by atoms with Crippen molar-refractivity contribution < 1.29 is 45.4 Å². The van der Waals surface area contributed by atoms with Crippen molar-refractivity contribution in [2.45, 2.75) is 44.7 Å². The molecule has 1 unspecified atom stereocenters. The first kappa shape index (κ1) is 30.7. The molecule has 2 saturated heterocycles. The Hall–Kier alpha value is -3.76. The number of hydrogen-bond acceptors (Lipinski definition) is 5. The van der Waals surface area contributed by atoms with Crippen LogP contribution in [0.5, 0.6) is 0 Å². The summed E-state index contributed by atoms with van der Waals surface area (Å²) >= 11 is 0. The molecule has 4 amide bonds. The number of fused-ring (bicyclic) bond motifs is 2. The molecule has 43 heavy (non-hydrogen) atoms. The molecule has 0 bridgehead atoms. The molecule has 216 valence electrons. The van der Waals surface area contributed by atoms with Crippen molar-refractivity contribution in [1.82, 2.24) is 30.1 Å². The van der Waals surface area contributed by atoms with Crippen LogP contribution in [-0.4, -0.2) is 74.5 Å². The zero-order chi connectivity index (χ0) is 29.2. The maximum absolute atomic E-state index is 14.3. The molecule has 2 fully saturated rings. The van der Waals surface area contributed by atoms with E-state index in [4.69, 9.17) is 0 Å². The number of amides is 4. The average Bonchev–Trinajstić information content (AvgIpc) is 3.01. The number of rotatable bonds is 6. The molecule has 6 rings (SSSR count). The number of nitrogens with one attached hydrogen (secondary N) is 1. The first-order valence-corrected chi connectivity index (χ1v) is 14.2. The molecule has 0 radical (unpaired) electrons. The third-order valence-electron chi connectivity index (χ3n) is 8.21. The van der Waals surface area contributed by atoms with E-state index < -0.39 is 18.2 Å². The SMILES string of the molecule is C[C@H]1C2N(C(=O)CN(C)N2C(=O)NCc2ccccc2)[C@@H](Cc2ccccc2)C(=O)N1Cc1cccc2cccnc12.[H-].[Na+]. The van der Waals surface area contributed by atoms with Gasteiger partial charge in [0.15, 0.2) is 0 Å². The molecule has 4 aromatic rings. The number of hydrazine groups is 1. The van der Waals surface area contributed by atoms with Gasteiger partial charge < -0.3 is 16.5 Å². The van der Waals surface area contributed by atoms with Gasteiger partial charge in [-0.05, 0) is 29.7 Å². The number of piperazine rings is 1. The van der Waals surface area contributed by atoms with Gasteiger partial charge in [0.1, 0.15) is 12.2 Å². The summed E-state index contributed by atoms with van der Waals surface area (Å²) in [4.78, 5) is 49.8. The second kappa shape index (κ2) is 13.3. The van der Waals surface area contributed by atoms with E-state index in [1.807, 2.05) is 103 Å². The Bertz CT molecular complexity index is 1610. The Morgan fingerprint density at radius 1 is 0.930 bits per heavy atom. The number of aromatic nitrogens is 1. The standard InChI is InChI=1S/C33H34N6O3.Na.H/c1-23-31-38(29(40)22-36(2)39(31)33(42)35-20-25-13-7-4-8-14-25)28(19-24-11-5-3-6-12-24)32(41)37(23)21-27-16-9-15-26-17-10-18-34-30(26)27;;/h3-18,23,28,31H,19-22H2,1-2H3,(H,35,42);;/q;+1;-1/t23-,28-,31?;;/m0../s1. The number of benzene rings is 3. The maximum Gasteiger partial charge on any atom is 1.00 e. The number of pyridine rings is 1. The topological polar surface area (TPSA) is 89.1 Å². The third-order valence-corrected chi connectivity index (χ3v) is 8.21. The molecule has 3 atom stereocenters. The van der Waals surface area contributed by atoms with Crippen LogP contribution < -0.4 is 34.9 Å². The molecule has 10 heteroatoms. The molecular weight excluding hydrogens is 551 g/mol. The number of carbonyl (C=O) groups excluding carboxylic acids is 3. The fourth-order valence-electron chi connectivity index (χ4n) is 6.14. The van der Waals surface area contributed by atoms with E-state index in [1.54, 1.807) is 28.2 Å². The molecular formula is C33H35N6NaO3. The summed E-state index contributed by atoms with van der Waals surface area (Å²) in [6.45, 7) is 2.56. The first-order valence-electron chi connectivity index (χ1n) is 14.2. The van der Waals surface area contributed by atoms with E-state index in [-0.39, 0.29) is 55.4 Å². The number of para-hydroxylation sites is 1. The van der Waals surface area contributed by atoms with E-state index in [2.05, 4.69) is 10.3 Å². The van der Waals surface area contributed by atoms with Crippen LogP contribution in [-0.2, 0) is 29.1 Å². The Kier molecular flexibility index (Phi) is 9.46. The average molecular weight is 587 g/mol. The predicted molar refractivity (Wildman–Crippen MR) is 161 cm³/mol. The number of nitrogens with zero attached hydrogens (tertiary/aromatic N) is 5. The van der Waals surface area contributed by atoms with E-state index in [0.29, 0.717) is 19.5 Å². The van der Waals surface area contributed by atoms with E-state index >= 15 is 0 Å². The zero-order valence-electron chi connectivity index (χ0n) is 25.8. The van der Waals surface area contributed by atoms with Crippen molar-refractivity contribution >= 4 is 28.7 Å². The number of hydrogen-bond donors (Lipinski definition) is 1. The Labute approximate surface area is 275 Å². The normalized spacial score (nSPS) is 20.5. The van der Waals surface area contributed by atoms with Crippen molar-refractivity contribution in [1.29, 1.82) is 0 Å². The van der Waals surface area contributed by atoms with Gasteiger partial charge in [-0.15, -0.1) is 0 Å². The van der Waals surface area contributed by atoms with Crippen LogP contribution in [0.2, 0.25) is 0 Å². The molecule has 2 aliphatic rings. The minimum absolute atomic E-state index is 0. The van der Waals surface area contributed by atoms with Crippen LogP contribution >= 0.6 is 0 Å². The van der Waals surface area contributed by atoms with Crippen LogP contribution in [0.3, 0.4) is 0 Å². The van der Waals surface area contributed by atoms with Gasteiger partial charge in [0.25, 0.3) is 0 Å². The molecule has 1 N–H and O–H groups in total. The van der Waals surface area contributed by atoms with Gasteiger partial charge in [0.05, 0.1) is 18.1 Å². The van der Waals surface area contributed by atoms with Crippen LogP contribution in [0, 0.1) is 0 Å². The molecule has 9 nitrogen and oxygen atoms in total. The quantitative estimate of drug-likeness (QED) is 0.340. The van der Waals surface area contributed by atoms with Gasteiger partial charge >= 0.3 is 35.6 Å². The van der Waals surface area contributed by atoms with Gasteiger partial charge in [0, 0.05) is 38.1 Å². The third kappa shape index (κ3) is 6.17. The second-order valence-electron chi connectivity index (χ2n) is 10.9. The van der Waals surface area contributed by atoms with Gasteiger partial charge in [-0.1, -0.05) is 84.9 Å². The first-order chi connectivity index (χ1) is 20.4. The molecule has 3 aromatic carbocycles. The number of likely N-dealkylation sites (N-methyl/N-ethyl adjacent to an activating group) is 1. The Morgan fingerprint density at radius 3 is 2.33 bits per heavy atom. The molecule has 3 heterocycles. The maximum atomic E-state index is 14.3. The summed E-state index contributed by atoms with van der Waals surface area (Å²) in [5.41, 5.74) is 3.66. The monoisotopic (exact) mass is 586 g/mol. The summed E-state index contributed by atoms with van der Waals surface area (Å²) < 4.78 is 0. The summed E-state index contributed by atoms with van der Waals surface area (Å²) in [6, 6.07) is 27.7. The van der Waals surface area contributed by atoms with Crippen molar-refractivity contribution in [3.8, 4) is 0 Å². The van der Waals surface area contributed by atoms with Crippen molar-refractivity contribution in [3.05, 3.63) is 114 Å². The van der Waals surface area contributed by atoms with E-state index in [0.717, 1.165) is 27.6 Å². The summed E-state index contributed by atoms with van der Waals surface area (Å²) in [7, 11) is 1.74. The molecule has 1 aromatic heterocycles. The van der Waals surface area contributed by atoms with E-state index in [1.165, 1.54) is 0 Å². The molecule has 2 aliphatic heterocycles. The van der Waals surface area contributed by atoms with Gasteiger partial charge in [-0.2, -0.15) is 0 Å². The largest absolute Gasteiger partial charge is 1.00 e.